The van der Waals surface area contributed by atoms with E-state index in [0.717, 1.165) is 24.8 Å². The van der Waals surface area contributed by atoms with Crippen LogP contribution in [0.15, 0.2) is 24.3 Å². The number of hydrogen-bond donors (Lipinski definition) is 1. The average molecular weight is 195 g/mol. The zero-order valence-electron chi connectivity index (χ0n) is 8.00. The number of nitrogens with one attached hydrogen (secondary N) is 1. The lowest BCUT2D eigenvalue weighted by Gasteiger charge is -2.01. The van der Waals surface area contributed by atoms with Crippen molar-refractivity contribution in [2.24, 2.45) is 0 Å². The van der Waals surface area contributed by atoms with Crippen LogP contribution in [0.5, 0.6) is 0 Å². The van der Waals surface area contributed by atoms with Gasteiger partial charge in [-0.2, -0.15) is 0 Å². The van der Waals surface area contributed by atoms with Crippen molar-refractivity contribution in [2.45, 2.75) is 19.3 Å². The van der Waals surface area contributed by atoms with Crippen LogP contribution in [0.2, 0.25) is 0 Å². The average Bonchev–Trinajstić information content (AvgIpc) is 2.21. The summed E-state index contributed by atoms with van der Waals surface area (Å²) < 4.78 is 12.5. The highest BCUT2D eigenvalue weighted by Gasteiger charge is 1.93. The van der Waals surface area contributed by atoms with Crippen molar-refractivity contribution in [2.75, 3.05) is 6.54 Å². The maximum Gasteiger partial charge on any atom is 0.207 e. The van der Waals surface area contributed by atoms with Crippen molar-refractivity contribution in [1.82, 2.24) is 5.32 Å². The highest BCUT2D eigenvalue weighted by atomic mass is 19.1. The fourth-order valence-electron chi connectivity index (χ4n) is 1.27. The Morgan fingerprint density at radius 1 is 1.21 bits per heavy atom. The normalized spacial score (nSPS) is 9.79. The molecule has 3 heteroatoms. The Balaban J connectivity index is 2.18. The van der Waals surface area contributed by atoms with Crippen LogP contribution in [0.1, 0.15) is 18.4 Å². The third-order valence-corrected chi connectivity index (χ3v) is 2.03. The summed E-state index contributed by atoms with van der Waals surface area (Å²) in [6.07, 6.45) is 3.60. The number of hydrogen-bond acceptors (Lipinski definition) is 1. The molecule has 0 aliphatic heterocycles. The molecule has 0 saturated heterocycles. The van der Waals surface area contributed by atoms with Crippen LogP contribution >= 0.6 is 0 Å². The molecule has 1 aromatic rings. The fourth-order valence-corrected chi connectivity index (χ4v) is 1.27. The zero-order valence-corrected chi connectivity index (χ0v) is 8.00. The number of aryl methyl sites for hydroxylation is 1. The lowest BCUT2D eigenvalue weighted by atomic mass is 10.1. The molecule has 0 saturated carbocycles. The molecule has 1 aromatic carbocycles. The number of unbranched alkanes of at least 4 members (excludes halogenated alkanes) is 1. The molecule has 0 radical (unpaired) electrons. The Bertz CT molecular complexity index is 271. The van der Waals surface area contributed by atoms with E-state index in [1.165, 1.54) is 12.1 Å². The zero-order chi connectivity index (χ0) is 10.2. The van der Waals surface area contributed by atoms with Gasteiger partial charge in [-0.15, -0.1) is 0 Å². The second kappa shape index (κ2) is 6.13. The van der Waals surface area contributed by atoms with E-state index >= 15 is 0 Å². The minimum Gasteiger partial charge on any atom is -0.359 e. The van der Waals surface area contributed by atoms with Gasteiger partial charge >= 0.3 is 0 Å². The quantitative estimate of drug-likeness (QED) is 0.545. The molecule has 0 aliphatic rings. The molecule has 1 rings (SSSR count). The van der Waals surface area contributed by atoms with Gasteiger partial charge in [0.15, 0.2) is 0 Å². The van der Waals surface area contributed by atoms with Crippen LogP contribution in [0.25, 0.3) is 0 Å². The van der Waals surface area contributed by atoms with Crippen molar-refractivity contribution < 1.29 is 9.18 Å². The Morgan fingerprint density at radius 3 is 2.57 bits per heavy atom. The number of amides is 1. The minimum atomic E-state index is -0.198. The third-order valence-electron chi connectivity index (χ3n) is 2.03. The van der Waals surface area contributed by atoms with Crippen LogP contribution in [0.4, 0.5) is 4.39 Å². The van der Waals surface area contributed by atoms with E-state index < -0.39 is 0 Å². The van der Waals surface area contributed by atoms with Crippen LogP contribution in [-0.2, 0) is 11.2 Å². The molecule has 0 fully saturated rings. The van der Waals surface area contributed by atoms with Crippen molar-refractivity contribution >= 4 is 6.41 Å². The standard InChI is InChI=1S/C11H14FNO/c12-11-6-4-10(5-7-11)3-1-2-8-13-9-14/h4-7,9H,1-3,8H2,(H,13,14). The number of rotatable bonds is 6. The summed E-state index contributed by atoms with van der Waals surface area (Å²) in [6.45, 7) is 0.713. The summed E-state index contributed by atoms with van der Waals surface area (Å²) in [5, 5.41) is 2.60. The van der Waals surface area contributed by atoms with E-state index in [1.807, 2.05) is 0 Å². The maximum absolute atomic E-state index is 12.5. The molecule has 14 heavy (non-hydrogen) atoms. The van der Waals surface area contributed by atoms with Gasteiger partial charge in [-0.05, 0) is 37.0 Å². The smallest absolute Gasteiger partial charge is 0.207 e. The van der Waals surface area contributed by atoms with E-state index in [9.17, 15) is 9.18 Å². The molecule has 0 heterocycles. The summed E-state index contributed by atoms with van der Waals surface area (Å²) in [5.41, 5.74) is 1.14. The van der Waals surface area contributed by atoms with Gasteiger partial charge in [0.25, 0.3) is 0 Å². The molecule has 76 valence electrons. The van der Waals surface area contributed by atoms with E-state index in [-0.39, 0.29) is 5.82 Å². The molecule has 0 atom stereocenters. The van der Waals surface area contributed by atoms with Gasteiger partial charge in [-0.3, -0.25) is 4.79 Å². The first-order chi connectivity index (χ1) is 6.83. The van der Waals surface area contributed by atoms with Crippen molar-refractivity contribution in [3.63, 3.8) is 0 Å². The topological polar surface area (TPSA) is 29.1 Å². The SMILES string of the molecule is O=CNCCCCc1ccc(F)cc1. The highest BCUT2D eigenvalue weighted by molar-refractivity contribution is 5.45. The van der Waals surface area contributed by atoms with Crippen molar-refractivity contribution in [3.05, 3.63) is 35.6 Å². The van der Waals surface area contributed by atoms with Gasteiger partial charge < -0.3 is 5.32 Å². The largest absolute Gasteiger partial charge is 0.359 e. The van der Waals surface area contributed by atoms with Crippen molar-refractivity contribution in [3.8, 4) is 0 Å². The number of halogens is 1. The number of carbonyl (C=O) groups excluding carboxylic acids is 1. The number of benzene rings is 1. The summed E-state index contributed by atoms with van der Waals surface area (Å²) in [4.78, 5) is 9.92. The summed E-state index contributed by atoms with van der Waals surface area (Å²) in [5.74, 6) is -0.198. The lowest BCUT2D eigenvalue weighted by molar-refractivity contribution is -0.109. The highest BCUT2D eigenvalue weighted by Crippen LogP contribution is 2.06. The van der Waals surface area contributed by atoms with Gasteiger partial charge in [-0.1, -0.05) is 12.1 Å². The molecular weight excluding hydrogens is 181 g/mol. The summed E-state index contributed by atoms with van der Waals surface area (Å²) >= 11 is 0. The molecule has 0 spiro atoms. The van der Waals surface area contributed by atoms with Crippen LogP contribution in [-0.4, -0.2) is 13.0 Å². The van der Waals surface area contributed by atoms with Gasteiger partial charge in [0, 0.05) is 6.54 Å². The monoisotopic (exact) mass is 195 g/mol. The van der Waals surface area contributed by atoms with Crippen LogP contribution in [0, 0.1) is 5.82 Å². The third kappa shape index (κ3) is 4.03. The van der Waals surface area contributed by atoms with E-state index in [4.69, 9.17) is 0 Å². The fraction of sp³-hybridized carbons (Fsp3) is 0.364. The Labute approximate surface area is 83.1 Å². The van der Waals surface area contributed by atoms with Crippen molar-refractivity contribution in [1.29, 1.82) is 0 Å². The first-order valence-electron chi connectivity index (χ1n) is 4.74. The summed E-state index contributed by atoms with van der Waals surface area (Å²) in [6, 6.07) is 6.53. The van der Waals surface area contributed by atoms with E-state index in [0.29, 0.717) is 13.0 Å². The van der Waals surface area contributed by atoms with Gasteiger partial charge in [-0.25, -0.2) is 4.39 Å². The lowest BCUT2D eigenvalue weighted by Crippen LogP contribution is -2.11. The maximum atomic E-state index is 12.5. The molecule has 1 amide bonds. The van der Waals surface area contributed by atoms with Gasteiger partial charge in [0.05, 0.1) is 0 Å². The Hall–Kier alpha value is -1.38. The van der Waals surface area contributed by atoms with E-state index in [2.05, 4.69) is 5.32 Å². The van der Waals surface area contributed by atoms with E-state index in [1.54, 1.807) is 12.1 Å². The van der Waals surface area contributed by atoms with Gasteiger partial charge in [0.1, 0.15) is 5.82 Å². The summed E-state index contributed by atoms with van der Waals surface area (Å²) in [7, 11) is 0. The molecule has 0 aromatic heterocycles. The first-order valence-corrected chi connectivity index (χ1v) is 4.74. The van der Waals surface area contributed by atoms with Crippen LogP contribution in [0.3, 0.4) is 0 Å². The van der Waals surface area contributed by atoms with Gasteiger partial charge in [0.2, 0.25) is 6.41 Å². The second-order valence-corrected chi connectivity index (χ2v) is 3.16. The second-order valence-electron chi connectivity index (χ2n) is 3.16. The molecule has 1 N–H and O–H groups in total. The van der Waals surface area contributed by atoms with Crippen LogP contribution < -0.4 is 5.32 Å². The predicted octanol–water partition coefficient (Wildman–Crippen LogP) is 1.89. The predicted molar refractivity (Wildman–Crippen MR) is 53.4 cm³/mol. The minimum absolute atomic E-state index is 0.198. The molecule has 0 aliphatic carbocycles. The Morgan fingerprint density at radius 2 is 1.93 bits per heavy atom. The Kier molecular flexibility index (Phi) is 4.69. The molecule has 2 nitrogen and oxygen atoms in total. The number of carbonyl (C=O) groups is 1. The first kappa shape index (κ1) is 10.7. The molecule has 0 unspecified atom stereocenters. The molecule has 0 bridgehead atoms. The molecular formula is C11H14FNO.